The van der Waals surface area contributed by atoms with Crippen LogP contribution in [0, 0.1) is 5.92 Å². The highest BCUT2D eigenvalue weighted by Gasteiger charge is 2.25. The van der Waals surface area contributed by atoms with Crippen molar-refractivity contribution in [2.45, 2.75) is 36.8 Å². The van der Waals surface area contributed by atoms with Gasteiger partial charge in [0.05, 0.1) is 10.3 Å². The Labute approximate surface area is 124 Å². The van der Waals surface area contributed by atoms with E-state index in [1.165, 1.54) is 0 Å². The summed E-state index contributed by atoms with van der Waals surface area (Å²) in [6, 6.07) is 7.69. The van der Waals surface area contributed by atoms with Crippen molar-refractivity contribution in [1.29, 1.82) is 0 Å². The molecule has 1 aromatic rings. The number of nitrogens with zero attached hydrogens (tertiary/aromatic N) is 1. The molecule has 1 unspecified atom stereocenters. The van der Waals surface area contributed by atoms with Crippen LogP contribution in [-0.4, -0.2) is 29.1 Å². The van der Waals surface area contributed by atoms with Crippen molar-refractivity contribution in [3.8, 4) is 0 Å². The first-order valence-corrected chi connectivity index (χ1v) is 8.03. The van der Waals surface area contributed by atoms with E-state index in [0.717, 1.165) is 41.8 Å². The molecule has 0 radical (unpaired) electrons. The van der Waals surface area contributed by atoms with Gasteiger partial charge in [0, 0.05) is 18.0 Å². The molecule has 0 bridgehead atoms. The lowest BCUT2D eigenvalue weighted by atomic mass is 9.99. The Morgan fingerprint density at radius 2 is 2.00 bits per heavy atom. The molecular formula is C15H20ClNOS. The number of likely N-dealkylation sites (tertiary alicyclic amines) is 1. The van der Waals surface area contributed by atoms with Crippen LogP contribution in [0.15, 0.2) is 29.2 Å². The van der Waals surface area contributed by atoms with Crippen molar-refractivity contribution in [2.24, 2.45) is 5.92 Å². The fourth-order valence-corrected chi connectivity index (χ4v) is 3.51. The van der Waals surface area contributed by atoms with Crippen LogP contribution in [-0.2, 0) is 4.79 Å². The third kappa shape index (κ3) is 3.90. The van der Waals surface area contributed by atoms with Crippen LogP contribution < -0.4 is 0 Å². The fourth-order valence-electron chi connectivity index (χ4n) is 2.27. The van der Waals surface area contributed by atoms with Crippen LogP contribution in [0.25, 0.3) is 0 Å². The lowest BCUT2D eigenvalue weighted by molar-refractivity contribution is -0.131. The first-order valence-electron chi connectivity index (χ1n) is 6.78. The van der Waals surface area contributed by atoms with Crippen molar-refractivity contribution in [1.82, 2.24) is 4.90 Å². The highest BCUT2D eigenvalue weighted by Crippen LogP contribution is 2.31. The molecule has 0 aromatic heterocycles. The van der Waals surface area contributed by atoms with Gasteiger partial charge in [-0.1, -0.05) is 30.7 Å². The second-order valence-corrected chi connectivity index (χ2v) is 6.99. The molecule has 1 aromatic carbocycles. The Balaban J connectivity index is 1.94. The molecule has 1 saturated heterocycles. The van der Waals surface area contributed by atoms with E-state index in [9.17, 15) is 4.79 Å². The Morgan fingerprint density at radius 3 is 2.63 bits per heavy atom. The molecule has 1 heterocycles. The molecule has 104 valence electrons. The first-order chi connectivity index (χ1) is 9.08. The summed E-state index contributed by atoms with van der Waals surface area (Å²) in [5.41, 5.74) is 0. The average molecular weight is 298 g/mol. The molecule has 19 heavy (non-hydrogen) atoms. The second-order valence-electron chi connectivity index (χ2n) is 5.20. The van der Waals surface area contributed by atoms with E-state index in [1.807, 2.05) is 36.1 Å². The van der Waals surface area contributed by atoms with Crippen molar-refractivity contribution >= 4 is 29.3 Å². The maximum Gasteiger partial charge on any atom is 0.235 e. The predicted molar refractivity (Wildman–Crippen MR) is 81.7 cm³/mol. The number of halogens is 1. The van der Waals surface area contributed by atoms with Gasteiger partial charge in [-0.3, -0.25) is 4.79 Å². The zero-order chi connectivity index (χ0) is 13.8. The van der Waals surface area contributed by atoms with Gasteiger partial charge in [-0.25, -0.2) is 0 Å². The minimum Gasteiger partial charge on any atom is -0.342 e. The van der Waals surface area contributed by atoms with Crippen LogP contribution in [0.5, 0.6) is 0 Å². The molecule has 1 fully saturated rings. The zero-order valence-electron chi connectivity index (χ0n) is 11.4. The third-order valence-corrected chi connectivity index (χ3v) is 5.19. The maximum absolute atomic E-state index is 12.4. The van der Waals surface area contributed by atoms with E-state index in [0.29, 0.717) is 0 Å². The summed E-state index contributed by atoms with van der Waals surface area (Å²) in [5, 5.41) is 0.646. The summed E-state index contributed by atoms with van der Waals surface area (Å²) in [6.07, 6.45) is 2.24. The normalized spacial score (nSPS) is 18.4. The number of hydrogen-bond acceptors (Lipinski definition) is 2. The van der Waals surface area contributed by atoms with E-state index < -0.39 is 0 Å². The third-order valence-electron chi connectivity index (χ3n) is 3.58. The summed E-state index contributed by atoms with van der Waals surface area (Å²) in [5.74, 6) is 0.979. The van der Waals surface area contributed by atoms with Gasteiger partial charge >= 0.3 is 0 Å². The van der Waals surface area contributed by atoms with Crippen LogP contribution in [0.3, 0.4) is 0 Å². The van der Waals surface area contributed by atoms with Crippen molar-refractivity contribution in [3.63, 3.8) is 0 Å². The highest BCUT2D eigenvalue weighted by atomic mass is 35.5. The molecule has 4 heteroatoms. The summed E-state index contributed by atoms with van der Waals surface area (Å²) in [4.78, 5) is 15.4. The van der Waals surface area contributed by atoms with Crippen molar-refractivity contribution < 1.29 is 4.79 Å². The number of carbonyl (C=O) groups is 1. The van der Waals surface area contributed by atoms with E-state index in [4.69, 9.17) is 11.6 Å². The molecule has 1 amide bonds. The summed E-state index contributed by atoms with van der Waals surface area (Å²) >= 11 is 7.68. The van der Waals surface area contributed by atoms with Gasteiger partial charge in [0.25, 0.3) is 0 Å². The molecule has 0 N–H and O–H groups in total. The number of rotatable bonds is 3. The Kier molecular flexibility index (Phi) is 5.17. The summed E-state index contributed by atoms with van der Waals surface area (Å²) in [7, 11) is 0. The van der Waals surface area contributed by atoms with Crippen molar-refractivity contribution in [2.75, 3.05) is 13.1 Å². The molecule has 0 spiro atoms. The average Bonchev–Trinajstić information content (AvgIpc) is 2.41. The van der Waals surface area contributed by atoms with Gasteiger partial charge < -0.3 is 4.90 Å². The Morgan fingerprint density at radius 1 is 1.37 bits per heavy atom. The Hall–Kier alpha value is -0.670. The van der Waals surface area contributed by atoms with Gasteiger partial charge in [-0.15, -0.1) is 11.8 Å². The number of benzene rings is 1. The zero-order valence-corrected chi connectivity index (χ0v) is 13.0. The van der Waals surface area contributed by atoms with Gasteiger partial charge in [-0.2, -0.15) is 0 Å². The molecule has 2 nitrogen and oxygen atoms in total. The molecule has 1 atom stereocenters. The smallest absolute Gasteiger partial charge is 0.235 e. The van der Waals surface area contributed by atoms with Crippen molar-refractivity contribution in [3.05, 3.63) is 29.3 Å². The van der Waals surface area contributed by atoms with E-state index in [2.05, 4.69) is 6.92 Å². The molecule has 0 saturated carbocycles. The van der Waals surface area contributed by atoms with Gasteiger partial charge in [-0.05, 0) is 37.8 Å². The molecule has 1 aliphatic heterocycles. The minimum atomic E-state index is -0.0756. The fraction of sp³-hybridized carbons (Fsp3) is 0.533. The van der Waals surface area contributed by atoms with Crippen LogP contribution >= 0.6 is 23.4 Å². The van der Waals surface area contributed by atoms with Crippen LogP contribution in [0.1, 0.15) is 26.7 Å². The monoisotopic (exact) mass is 297 g/mol. The second kappa shape index (κ2) is 6.67. The summed E-state index contributed by atoms with van der Waals surface area (Å²) in [6.45, 7) is 6.01. The lowest BCUT2D eigenvalue weighted by Gasteiger charge is -2.32. The number of hydrogen-bond donors (Lipinski definition) is 0. The molecule has 1 aliphatic rings. The molecule has 0 aliphatic carbocycles. The van der Waals surface area contributed by atoms with Gasteiger partial charge in [0.2, 0.25) is 5.91 Å². The van der Waals surface area contributed by atoms with Crippen LogP contribution in [0.4, 0.5) is 0 Å². The SMILES string of the molecule is CC1CCN(C(=O)C(C)Sc2ccccc2Cl)CC1. The first kappa shape index (κ1) is 14.7. The van der Waals surface area contributed by atoms with E-state index >= 15 is 0 Å². The highest BCUT2D eigenvalue weighted by molar-refractivity contribution is 8.00. The topological polar surface area (TPSA) is 20.3 Å². The maximum atomic E-state index is 12.4. The predicted octanol–water partition coefficient (Wildman–Crippen LogP) is 4.08. The number of piperidine rings is 1. The largest absolute Gasteiger partial charge is 0.342 e. The standard InChI is InChI=1S/C15H20ClNOS/c1-11-7-9-17(10-8-11)15(18)12(2)19-14-6-4-3-5-13(14)16/h3-6,11-12H,7-10H2,1-2H3. The lowest BCUT2D eigenvalue weighted by Crippen LogP contribution is -2.41. The van der Waals surface area contributed by atoms with Crippen LogP contribution in [0.2, 0.25) is 5.02 Å². The summed E-state index contributed by atoms with van der Waals surface area (Å²) < 4.78 is 0. The number of amides is 1. The molecular weight excluding hydrogens is 278 g/mol. The van der Waals surface area contributed by atoms with E-state index in [-0.39, 0.29) is 11.2 Å². The Bertz CT molecular complexity index is 444. The van der Waals surface area contributed by atoms with Gasteiger partial charge in [0.1, 0.15) is 0 Å². The quantitative estimate of drug-likeness (QED) is 0.784. The number of thioether (sulfide) groups is 1. The van der Waals surface area contributed by atoms with E-state index in [1.54, 1.807) is 11.8 Å². The number of carbonyl (C=O) groups excluding carboxylic acids is 1. The molecule has 2 rings (SSSR count). The minimum absolute atomic E-state index is 0.0756. The van der Waals surface area contributed by atoms with Gasteiger partial charge in [0.15, 0.2) is 0 Å².